The van der Waals surface area contributed by atoms with E-state index in [-0.39, 0.29) is 5.41 Å². The Morgan fingerprint density at radius 1 is 1.09 bits per heavy atom. The molecule has 0 saturated carbocycles. The van der Waals surface area contributed by atoms with Crippen LogP contribution in [0.4, 0.5) is 5.69 Å². The second-order valence-electron chi connectivity index (χ2n) is 6.41. The van der Waals surface area contributed by atoms with Gasteiger partial charge in [0.25, 0.3) is 0 Å². The molecule has 0 saturated heterocycles. The number of nitrogens with zero attached hydrogens (tertiary/aromatic N) is 1. The van der Waals surface area contributed by atoms with E-state index in [0.717, 1.165) is 27.5 Å². The number of benzene rings is 2. The van der Waals surface area contributed by atoms with Crippen LogP contribution >= 0.6 is 11.6 Å². The van der Waals surface area contributed by atoms with E-state index in [9.17, 15) is 0 Å². The van der Waals surface area contributed by atoms with E-state index < -0.39 is 0 Å². The van der Waals surface area contributed by atoms with Crippen molar-refractivity contribution in [3.8, 4) is 0 Å². The molecule has 1 aliphatic heterocycles. The quantitative estimate of drug-likeness (QED) is 0.609. The van der Waals surface area contributed by atoms with E-state index in [1.54, 1.807) is 0 Å². The van der Waals surface area contributed by atoms with E-state index in [1.807, 2.05) is 30.5 Å². The fraction of sp³-hybridized carbons (Fsp3) is 0.150. The van der Waals surface area contributed by atoms with Gasteiger partial charge in [0.2, 0.25) is 0 Å². The average molecular weight is 321 g/mol. The first-order valence-electron chi connectivity index (χ1n) is 7.69. The Labute approximate surface area is 140 Å². The van der Waals surface area contributed by atoms with Crippen molar-refractivity contribution in [1.82, 2.24) is 4.98 Å². The number of nitrogens with one attached hydrogen (secondary N) is 1. The molecule has 1 aromatic heterocycles. The molecule has 2 aromatic carbocycles. The molecule has 1 aliphatic rings. The van der Waals surface area contributed by atoms with E-state index in [4.69, 9.17) is 16.6 Å². The lowest BCUT2D eigenvalue weighted by molar-refractivity contribution is 0.740. The summed E-state index contributed by atoms with van der Waals surface area (Å²) in [7, 11) is 0. The summed E-state index contributed by atoms with van der Waals surface area (Å²) in [5.74, 6) is 0. The van der Waals surface area contributed by atoms with Crippen molar-refractivity contribution in [3.63, 3.8) is 0 Å². The second kappa shape index (κ2) is 5.10. The predicted molar refractivity (Wildman–Crippen MR) is 98.9 cm³/mol. The van der Waals surface area contributed by atoms with Crippen molar-refractivity contribution < 1.29 is 0 Å². The van der Waals surface area contributed by atoms with Crippen molar-refractivity contribution in [2.75, 3.05) is 0 Å². The summed E-state index contributed by atoms with van der Waals surface area (Å²) in [5.41, 5.74) is 5.57. The zero-order chi connectivity index (χ0) is 16.0. The Morgan fingerprint density at radius 3 is 2.74 bits per heavy atom. The normalized spacial score (nSPS) is 16.0. The molecular formula is C20H17ClN2. The van der Waals surface area contributed by atoms with Crippen LogP contribution in [0.5, 0.6) is 0 Å². The highest BCUT2D eigenvalue weighted by atomic mass is 35.5. The third kappa shape index (κ3) is 2.30. The van der Waals surface area contributed by atoms with Crippen molar-refractivity contribution in [2.24, 2.45) is 4.99 Å². The molecule has 23 heavy (non-hydrogen) atoms. The van der Waals surface area contributed by atoms with Gasteiger partial charge in [-0.05, 0) is 35.4 Å². The lowest BCUT2D eigenvalue weighted by atomic mass is 9.81. The summed E-state index contributed by atoms with van der Waals surface area (Å²) in [6.07, 6.45) is 6.25. The Kier molecular flexibility index (Phi) is 3.17. The molecule has 3 heteroatoms. The van der Waals surface area contributed by atoms with Crippen molar-refractivity contribution in [1.29, 1.82) is 0 Å². The van der Waals surface area contributed by atoms with Crippen LogP contribution in [0.15, 0.2) is 59.7 Å². The van der Waals surface area contributed by atoms with Gasteiger partial charge in [-0.25, -0.2) is 0 Å². The van der Waals surface area contributed by atoms with Crippen LogP contribution < -0.4 is 0 Å². The van der Waals surface area contributed by atoms with Gasteiger partial charge in [0.1, 0.15) is 0 Å². The number of para-hydroxylation sites is 1. The first-order valence-corrected chi connectivity index (χ1v) is 8.07. The number of rotatable bonds is 2. The number of fused-ring (bicyclic) bond motifs is 2. The fourth-order valence-electron chi connectivity index (χ4n) is 3.18. The summed E-state index contributed by atoms with van der Waals surface area (Å²) in [5, 5.41) is 1.91. The highest BCUT2D eigenvalue weighted by molar-refractivity contribution is 6.31. The largest absolute Gasteiger partial charge is 0.361 e. The number of aliphatic imine (C=N–C) groups is 1. The zero-order valence-electron chi connectivity index (χ0n) is 13.1. The highest BCUT2D eigenvalue weighted by Crippen LogP contribution is 2.40. The number of H-pyrrole nitrogens is 1. The second-order valence-corrected chi connectivity index (χ2v) is 6.84. The minimum atomic E-state index is -0.0670. The average Bonchev–Trinajstić information content (AvgIpc) is 3.04. The van der Waals surface area contributed by atoms with E-state index >= 15 is 0 Å². The molecule has 0 fully saturated rings. The van der Waals surface area contributed by atoms with Gasteiger partial charge in [-0.1, -0.05) is 55.8 Å². The molecular weight excluding hydrogens is 304 g/mol. The lowest BCUT2D eigenvalue weighted by Gasteiger charge is -2.20. The van der Waals surface area contributed by atoms with Gasteiger partial charge < -0.3 is 4.98 Å². The third-order valence-electron chi connectivity index (χ3n) is 4.56. The maximum absolute atomic E-state index is 6.04. The minimum Gasteiger partial charge on any atom is -0.361 e. The Bertz CT molecular complexity index is 961. The Morgan fingerprint density at radius 2 is 1.91 bits per heavy atom. The standard InChI is InChI=1S/C20H17ClN2/c1-20(2)16-5-3-4-6-17(16)23-19(20)10-7-13-12-22-18-11-14(21)8-9-15(13)18/h3-12,22H,1-2H3/b10-7+. The number of hydrogen-bond donors (Lipinski definition) is 1. The fourth-order valence-corrected chi connectivity index (χ4v) is 3.35. The van der Waals surface area contributed by atoms with E-state index in [2.05, 4.69) is 49.2 Å². The highest BCUT2D eigenvalue weighted by Gasteiger charge is 2.32. The van der Waals surface area contributed by atoms with Gasteiger partial charge >= 0.3 is 0 Å². The molecule has 0 amide bonds. The first-order chi connectivity index (χ1) is 11.1. The summed E-state index contributed by atoms with van der Waals surface area (Å²) in [6, 6.07) is 14.3. The van der Waals surface area contributed by atoms with Crippen molar-refractivity contribution in [2.45, 2.75) is 19.3 Å². The monoisotopic (exact) mass is 320 g/mol. The first kappa shape index (κ1) is 14.3. The van der Waals surface area contributed by atoms with Crippen molar-refractivity contribution >= 4 is 40.0 Å². The van der Waals surface area contributed by atoms with Gasteiger partial charge in [0.05, 0.1) is 11.4 Å². The van der Waals surface area contributed by atoms with Gasteiger partial charge in [0.15, 0.2) is 0 Å². The number of halogens is 1. The van der Waals surface area contributed by atoms with Crippen LogP contribution in [-0.2, 0) is 5.41 Å². The van der Waals surface area contributed by atoms with Crippen LogP contribution in [0.25, 0.3) is 17.0 Å². The maximum Gasteiger partial charge on any atom is 0.0674 e. The van der Waals surface area contributed by atoms with Crippen LogP contribution in [0.1, 0.15) is 25.0 Å². The molecule has 0 unspecified atom stereocenters. The predicted octanol–water partition coefficient (Wildman–Crippen LogP) is 5.90. The number of aromatic amines is 1. The number of allylic oxidation sites excluding steroid dienone is 1. The van der Waals surface area contributed by atoms with Gasteiger partial charge in [0, 0.05) is 27.5 Å². The molecule has 114 valence electrons. The maximum atomic E-state index is 6.04. The van der Waals surface area contributed by atoms with Gasteiger partial charge in [-0.2, -0.15) is 0 Å². The van der Waals surface area contributed by atoms with Crippen LogP contribution in [-0.4, -0.2) is 10.7 Å². The van der Waals surface area contributed by atoms with Crippen molar-refractivity contribution in [3.05, 3.63) is 70.9 Å². The molecule has 2 nitrogen and oxygen atoms in total. The summed E-state index contributed by atoms with van der Waals surface area (Å²) < 4.78 is 0. The SMILES string of the molecule is CC1(C)C(/C=C/c2c[nH]c3cc(Cl)ccc23)=Nc2ccccc21. The van der Waals surface area contributed by atoms with Crippen LogP contribution in [0.3, 0.4) is 0 Å². The Hall–Kier alpha value is -2.32. The topological polar surface area (TPSA) is 28.1 Å². The van der Waals surface area contributed by atoms with Crippen LogP contribution in [0, 0.1) is 0 Å². The number of aromatic nitrogens is 1. The smallest absolute Gasteiger partial charge is 0.0674 e. The molecule has 0 radical (unpaired) electrons. The molecule has 2 heterocycles. The molecule has 0 bridgehead atoms. The van der Waals surface area contributed by atoms with E-state index in [1.165, 1.54) is 10.9 Å². The molecule has 4 rings (SSSR count). The molecule has 3 aromatic rings. The van der Waals surface area contributed by atoms with Gasteiger partial charge in [-0.15, -0.1) is 0 Å². The zero-order valence-corrected chi connectivity index (χ0v) is 13.9. The van der Waals surface area contributed by atoms with E-state index in [0.29, 0.717) is 0 Å². The molecule has 0 aliphatic carbocycles. The molecule has 0 spiro atoms. The minimum absolute atomic E-state index is 0.0670. The summed E-state index contributed by atoms with van der Waals surface area (Å²) >= 11 is 6.04. The summed E-state index contributed by atoms with van der Waals surface area (Å²) in [6.45, 7) is 4.44. The van der Waals surface area contributed by atoms with Crippen LogP contribution in [0.2, 0.25) is 5.02 Å². The number of hydrogen-bond acceptors (Lipinski definition) is 1. The molecule has 1 N–H and O–H groups in total. The Balaban J connectivity index is 1.72. The van der Waals surface area contributed by atoms with Gasteiger partial charge in [-0.3, -0.25) is 4.99 Å². The summed E-state index contributed by atoms with van der Waals surface area (Å²) in [4.78, 5) is 8.06. The lowest BCUT2D eigenvalue weighted by Crippen LogP contribution is -2.23. The third-order valence-corrected chi connectivity index (χ3v) is 4.79. The molecule has 0 atom stereocenters.